The molecule has 27 heavy (non-hydrogen) atoms. The van der Waals surface area contributed by atoms with E-state index >= 15 is 0 Å². The van der Waals surface area contributed by atoms with E-state index in [1.165, 1.54) is 5.69 Å². The molecular formula is C20H29N5O2. The van der Waals surface area contributed by atoms with Crippen molar-refractivity contribution in [3.63, 3.8) is 0 Å². The number of hydrogen-bond acceptors (Lipinski definition) is 3. The third-order valence-corrected chi connectivity index (χ3v) is 5.85. The number of likely N-dealkylation sites (tertiary alicyclic amines) is 1. The van der Waals surface area contributed by atoms with Gasteiger partial charge in [0.25, 0.3) is 0 Å². The zero-order chi connectivity index (χ0) is 18.8. The predicted molar refractivity (Wildman–Crippen MR) is 102 cm³/mol. The van der Waals surface area contributed by atoms with Crippen molar-refractivity contribution in [2.45, 2.75) is 50.3 Å². The summed E-state index contributed by atoms with van der Waals surface area (Å²) in [6.45, 7) is 1.46. The highest BCUT2D eigenvalue weighted by Gasteiger charge is 2.32. The summed E-state index contributed by atoms with van der Waals surface area (Å²) in [5.41, 5.74) is 1.21. The van der Waals surface area contributed by atoms with Crippen molar-refractivity contribution < 1.29 is 9.53 Å². The Morgan fingerprint density at radius 3 is 2.85 bits per heavy atom. The van der Waals surface area contributed by atoms with Crippen molar-refractivity contribution in [1.82, 2.24) is 24.3 Å². The summed E-state index contributed by atoms with van der Waals surface area (Å²) in [5.74, 6) is 0.925. The van der Waals surface area contributed by atoms with Gasteiger partial charge in [0, 0.05) is 64.0 Å². The molecule has 2 aliphatic heterocycles. The zero-order valence-electron chi connectivity index (χ0n) is 16.2. The van der Waals surface area contributed by atoms with Crippen LogP contribution in [0.2, 0.25) is 0 Å². The first kappa shape index (κ1) is 18.1. The van der Waals surface area contributed by atoms with Crippen LogP contribution in [-0.2, 0) is 18.8 Å². The lowest BCUT2D eigenvalue weighted by atomic mass is 9.99. The number of carbonyl (C=O) groups excluding carboxylic acids is 1. The Hall–Kier alpha value is -2.28. The smallest absolute Gasteiger partial charge is 0.318 e. The quantitative estimate of drug-likeness (QED) is 0.902. The zero-order valence-corrected chi connectivity index (χ0v) is 16.2. The molecule has 4 heterocycles. The van der Waals surface area contributed by atoms with E-state index in [0.29, 0.717) is 6.61 Å². The number of rotatable bonds is 3. The van der Waals surface area contributed by atoms with Crippen LogP contribution < -0.4 is 5.32 Å². The molecule has 7 nitrogen and oxygen atoms in total. The van der Waals surface area contributed by atoms with Crippen molar-refractivity contribution in [1.29, 1.82) is 0 Å². The second kappa shape index (κ2) is 7.76. The number of hydrogen-bond donors (Lipinski definition) is 1. The molecule has 2 aromatic rings. The third-order valence-electron chi connectivity index (χ3n) is 5.85. The highest BCUT2D eigenvalue weighted by molar-refractivity contribution is 5.75. The van der Waals surface area contributed by atoms with E-state index in [1.54, 1.807) is 6.20 Å². The second-order valence-electron chi connectivity index (χ2n) is 7.68. The molecule has 2 aliphatic rings. The van der Waals surface area contributed by atoms with Gasteiger partial charge in [-0.1, -0.05) is 0 Å². The van der Waals surface area contributed by atoms with Crippen LogP contribution in [0.3, 0.4) is 0 Å². The van der Waals surface area contributed by atoms with E-state index in [9.17, 15) is 4.79 Å². The van der Waals surface area contributed by atoms with Crippen molar-refractivity contribution >= 4 is 6.03 Å². The molecule has 0 spiro atoms. The van der Waals surface area contributed by atoms with Gasteiger partial charge in [-0.15, -0.1) is 0 Å². The maximum atomic E-state index is 13.1. The van der Waals surface area contributed by atoms with Crippen LogP contribution in [-0.4, -0.2) is 44.2 Å². The van der Waals surface area contributed by atoms with Crippen LogP contribution in [0, 0.1) is 0 Å². The Balaban J connectivity index is 1.43. The fraction of sp³-hybridized carbons (Fsp3) is 0.600. The average Bonchev–Trinajstić information content (AvgIpc) is 3.30. The molecule has 2 saturated heterocycles. The van der Waals surface area contributed by atoms with Crippen LogP contribution >= 0.6 is 0 Å². The number of carbonyl (C=O) groups is 1. The number of nitrogens with one attached hydrogen (secondary N) is 1. The van der Waals surface area contributed by atoms with E-state index in [2.05, 4.69) is 40.2 Å². The Morgan fingerprint density at radius 2 is 2.11 bits per heavy atom. The maximum absolute atomic E-state index is 13.1. The van der Waals surface area contributed by atoms with Gasteiger partial charge >= 0.3 is 6.03 Å². The van der Waals surface area contributed by atoms with Gasteiger partial charge in [-0.2, -0.15) is 0 Å². The molecule has 0 bridgehead atoms. The lowest BCUT2D eigenvalue weighted by Crippen LogP contribution is -2.49. The van der Waals surface area contributed by atoms with Crippen LogP contribution in [0.15, 0.2) is 30.7 Å². The summed E-state index contributed by atoms with van der Waals surface area (Å²) in [7, 11) is 4.03. The van der Waals surface area contributed by atoms with E-state index in [-0.39, 0.29) is 24.2 Å². The minimum absolute atomic E-state index is 0.0476. The summed E-state index contributed by atoms with van der Waals surface area (Å²) in [6.07, 6.45) is 10.6. The number of amides is 2. The highest BCUT2D eigenvalue weighted by Crippen LogP contribution is 2.32. The summed E-state index contributed by atoms with van der Waals surface area (Å²) >= 11 is 0. The van der Waals surface area contributed by atoms with Gasteiger partial charge in [0.05, 0.1) is 6.04 Å². The first-order valence-electron chi connectivity index (χ1n) is 9.90. The van der Waals surface area contributed by atoms with Crippen molar-refractivity contribution in [2.75, 3.05) is 13.2 Å². The molecule has 3 atom stereocenters. The first-order valence-corrected chi connectivity index (χ1v) is 9.90. The molecule has 1 N–H and O–H groups in total. The standard InChI is InChI=1S/C20H29N5O2/c1-23-10-5-7-16(23)17-6-3-4-11-25(17)20(26)22-15-8-13-27-18(14-15)19-21-9-12-24(19)2/h5,7,9-10,12,15,17-18H,3-4,6,8,11,13-14H2,1-2H3,(H,22,26). The largest absolute Gasteiger partial charge is 0.370 e. The molecule has 0 aromatic carbocycles. The fourth-order valence-electron chi connectivity index (χ4n) is 4.36. The molecule has 0 saturated carbocycles. The molecule has 2 aromatic heterocycles. The Labute approximate surface area is 160 Å². The minimum Gasteiger partial charge on any atom is -0.370 e. The minimum atomic E-state index is -0.0610. The molecule has 2 amide bonds. The third kappa shape index (κ3) is 3.74. The molecule has 0 aliphatic carbocycles. The van der Waals surface area contributed by atoms with Crippen molar-refractivity contribution in [3.8, 4) is 0 Å². The summed E-state index contributed by atoms with van der Waals surface area (Å²) < 4.78 is 10.0. The topological polar surface area (TPSA) is 64.3 Å². The van der Waals surface area contributed by atoms with Crippen LogP contribution in [0.1, 0.15) is 55.8 Å². The second-order valence-corrected chi connectivity index (χ2v) is 7.68. The van der Waals surface area contributed by atoms with Crippen LogP contribution in [0.5, 0.6) is 0 Å². The normalized spacial score (nSPS) is 26.1. The summed E-state index contributed by atoms with van der Waals surface area (Å²) in [4.78, 5) is 19.5. The van der Waals surface area contributed by atoms with Gasteiger partial charge in [-0.3, -0.25) is 0 Å². The molecular weight excluding hydrogens is 342 g/mol. The van der Waals surface area contributed by atoms with E-state index in [4.69, 9.17) is 4.74 Å². The van der Waals surface area contributed by atoms with Crippen LogP contribution in [0.4, 0.5) is 4.79 Å². The Morgan fingerprint density at radius 1 is 1.22 bits per heavy atom. The highest BCUT2D eigenvalue weighted by atomic mass is 16.5. The maximum Gasteiger partial charge on any atom is 0.318 e. The molecule has 0 radical (unpaired) electrons. The van der Waals surface area contributed by atoms with Gasteiger partial charge < -0.3 is 24.1 Å². The number of imidazole rings is 1. The number of nitrogens with zero attached hydrogens (tertiary/aromatic N) is 4. The first-order chi connectivity index (χ1) is 13.1. The van der Waals surface area contributed by atoms with Crippen molar-refractivity contribution in [3.05, 3.63) is 42.2 Å². The van der Waals surface area contributed by atoms with Crippen molar-refractivity contribution in [2.24, 2.45) is 14.1 Å². The van der Waals surface area contributed by atoms with Gasteiger partial charge in [0.2, 0.25) is 0 Å². The van der Waals surface area contributed by atoms with E-state index in [0.717, 1.165) is 44.5 Å². The van der Waals surface area contributed by atoms with Gasteiger partial charge in [-0.25, -0.2) is 9.78 Å². The van der Waals surface area contributed by atoms with Crippen LogP contribution in [0.25, 0.3) is 0 Å². The number of urea groups is 1. The van der Waals surface area contributed by atoms with E-state index < -0.39 is 0 Å². The molecule has 2 fully saturated rings. The summed E-state index contributed by atoms with van der Waals surface area (Å²) in [6, 6.07) is 4.50. The number of aryl methyl sites for hydroxylation is 2. The lowest BCUT2D eigenvalue weighted by Gasteiger charge is -2.38. The number of piperidine rings is 1. The van der Waals surface area contributed by atoms with E-state index in [1.807, 2.05) is 22.7 Å². The number of ether oxygens (including phenoxy) is 1. The van der Waals surface area contributed by atoms with Gasteiger partial charge in [0.1, 0.15) is 11.9 Å². The monoisotopic (exact) mass is 371 g/mol. The fourth-order valence-corrected chi connectivity index (χ4v) is 4.36. The van der Waals surface area contributed by atoms with Gasteiger partial charge in [0.15, 0.2) is 0 Å². The molecule has 7 heteroatoms. The molecule has 3 unspecified atom stereocenters. The Bertz CT molecular complexity index is 783. The Kier molecular flexibility index (Phi) is 5.20. The predicted octanol–water partition coefficient (Wildman–Crippen LogP) is 2.92. The van der Waals surface area contributed by atoms with Gasteiger partial charge in [-0.05, 0) is 37.8 Å². The average molecular weight is 371 g/mol. The SMILES string of the molecule is Cn1cccc1C1CCCCN1C(=O)NC1CCOC(c2nccn2C)C1. The molecule has 146 valence electrons. The number of aromatic nitrogens is 3. The summed E-state index contributed by atoms with van der Waals surface area (Å²) in [5, 5.41) is 3.27. The molecule has 4 rings (SSSR count). The lowest BCUT2D eigenvalue weighted by molar-refractivity contribution is -0.00560.